The van der Waals surface area contributed by atoms with Gasteiger partial charge < -0.3 is 0 Å². The predicted molar refractivity (Wildman–Crippen MR) is 80.6 cm³/mol. The molecule has 0 saturated carbocycles. The summed E-state index contributed by atoms with van der Waals surface area (Å²) in [4.78, 5) is 0. The van der Waals surface area contributed by atoms with E-state index in [0.717, 1.165) is 0 Å². The molecule has 1 rings (SSSR count). The van der Waals surface area contributed by atoms with Crippen molar-refractivity contribution in [2.45, 2.75) is 64.8 Å². The molecule has 2 nitrogen and oxygen atoms in total. The quantitative estimate of drug-likeness (QED) is 0.197. The molecule has 0 N–H and O–H groups in total. The van der Waals surface area contributed by atoms with Gasteiger partial charge in [0.15, 0.2) is 0 Å². The first kappa shape index (κ1) is 22.6. The van der Waals surface area contributed by atoms with Gasteiger partial charge in [-0.25, -0.2) is 9.13 Å². The molecule has 0 spiro atoms. The van der Waals surface area contributed by atoms with Crippen molar-refractivity contribution in [3.63, 3.8) is 0 Å². The number of nitrogens with zero attached hydrogens (tertiary/aromatic N) is 2. The van der Waals surface area contributed by atoms with Crippen molar-refractivity contribution in [1.29, 1.82) is 0 Å². The van der Waals surface area contributed by atoms with E-state index >= 15 is 0 Å². The zero-order chi connectivity index (χ0) is 18.0. The molecule has 0 aliphatic rings. The number of rotatable bonds is 9. The van der Waals surface area contributed by atoms with E-state index in [1.54, 1.807) is 0 Å². The van der Waals surface area contributed by atoms with Crippen LogP contribution >= 0.6 is 0 Å². The van der Waals surface area contributed by atoms with E-state index in [9.17, 15) is 16.9 Å². The Morgan fingerprint density at radius 2 is 1.26 bits per heavy atom. The van der Waals surface area contributed by atoms with E-state index < -0.39 is 19.5 Å². The fourth-order valence-corrected chi connectivity index (χ4v) is 2.06. The first-order valence-electron chi connectivity index (χ1n) is 7.85. The summed E-state index contributed by atoms with van der Waals surface area (Å²) in [5, 5.41) is 0. The monoisotopic (exact) mass is 458 g/mol. The molecule has 0 amide bonds. The maximum atomic E-state index is 9.93. The van der Waals surface area contributed by atoms with E-state index in [2.05, 4.69) is 41.8 Å². The topological polar surface area (TPSA) is 8.81 Å². The summed E-state index contributed by atoms with van der Waals surface area (Å²) >= 11 is -11.2. The number of hydrogen-bond acceptors (Lipinski definition) is 0. The van der Waals surface area contributed by atoms with E-state index in [1.807, 2.05) is 0 Å². The van der Waals surface area contributed by atoms with Gasteiger partial charge in [-0.1, -0.05) is 45.4 Å². The molecule has 0 unspecified atom stereocenters. The molecule has 0 aromatic carbocycles. The molecule has 1 aromatic heterocycles. The van der Waals surface area contributed by atoms with Crippen molar-refractivity contribution in [3.8, 4) is 0 Å². The Bertz CT molecular complexity index is 429. The molecule has 0 aliphatic carbocycles. The number of hydrogen-bond donors (Lipinski definition) is 0. The number of imidazole rings is 1. The van der Waals surface area contributed by atoms with Crippen molar-refractivity contribution in [2.24, 2.45) is 7.05 Å². The second-order valence-electron chi connectivity index (χ2n) is 5.75. The van der Waals surface area contributed by atoms with Crippen molar-refractivity contribution < 1.29 is 21.4 Å². The summed E-state index contributed by atoms with van der Waals surface area (Å²) < 4.78 is 63.9. The number of unbranched alkanes of at least 4 members (excludes halogenated alkanes) is 7. The Morgan fingerprint density at radius 1 is 0.826 bits per heavy atom. The molecule has 0 bridgehead atoms. The Balaban J connectivity index is 0.000000585. The molecule has 140 valence electrons. The van der Waals surface area contributed by atoms with Gasteiger partial charge in [0.25, 0.3) is 0 Å². The third-order valence-corrected chi connectivity index (χ3v) is 3.09. The molecule has 9 heteroatoms. The number of halogens is 6. The molecular formula is C14H27F6N2Sb. The minimum atomic E-state index is -11.2. The summed E-state index contributed by atoms with van der Waals surface area (Å²) in [6.07, 6.45) is 17.6. The minimum absolute atomic E-state index is 1.18. The first-order valence-corrected chi connectivity index (χ1v) is 13.6. The Hall–Kier alpha value is -0.392. The van der Waals surface area contributed by atoms with Crippen LogP contribution in [0.5, 0.6) is 0 Å². The van der Waals surface area contributed by atoms with Crippen molar-refractivity contribution in [3.05, 3.63) is 18.7 Å². The van der Waals surface area contributed by atoms with Gasteiger partial charge in [-0.2, -0.15) is 0 Å². The SMILES string of the molecule is CCCCCCCCCCn1cc[n+](C)c1.[F][Sb-]([F])([F])([F])([F])[F]. The molecule has 0 radical (unpaired) electrons. The van der Waals surface area contributed by atoms with Crippen LogP contribution < -0.4 is 4.57 Å². The van der Waals surface area contributed by atoms with Crippen LogP contribution in [0.3, 0.4) is 0 Å². The average Bonchev–Trinajstić information content (AvgIpc) is 2.75. The predicted octanol–water partition coefficient (Wildman–Crippen LogP) is 5.59. The molecule has 0 atom stereocenters. The van der Waals surface area contributed by atoms with Gasteiger partial charge in [0.1, 0.15) is 12.4 Å². The van der Waals surface area contributed by atoms with Gasteiger partial charge in [0.2, 0.25) is 6.33 Å². The molecule has 1 heterocycles. The maximum absolute atomic E-state index is 11.2. The van der Waals surface area contributed by atoms with E-state index in [0.29, 0.717) is 0 Å². The van der Waals surface area contributed by atoms with Crippen molar-refractivity contribution >= 4 is 19.5 Å². The first-order chi connectivity index (χ1) is 10.3. The average molecular weight is 459 g/mol. The second-order valence-corrected chi connectivity index (χ2v) is 11.2. The van der Waals surface area contributed by atoms with Crippen molar-refractivity contribution in [1.82, 2.24) is 4.57 Å². The van der Waals surface area contributed by atoms with Crippen LogP contribution in [0.15, 0.2) is 18.7 Å². The zero-order valence-electron chi connectivity index (χ0n) is 13.7. The third-order valence-electron chi connectivity index (χ3n) is 3.09. The Morgan fingerprint density at radius 3 is 1.65 bits per heavy atom. The summed E-state index contributed by atoms with van der Waals surface area (Å²) in [6, 6.07) is 0. The van der Waals surface area contributed by atoms with Gasteiger partial charge in [0, 0.05) is 0 Å². The van der Waals surface area contributed by atoms with Crippen LogP contribution in [0.1, 0.15) is 58.3 Å². The van der Waals surface area contributed by atoms with Crippen LogP contribution in [0.4, 0.5) is 16.9 Å². The number of aryl methyl sites for hydroxylation is 2. The van der Waals surface area contributed by atoms with Crippen LogP contribution in [-0.2, 0) is 13.6 Å². The van der Waals surface area contributed by atoms with Crippen LogP contribution in [-0.4, -0.2) is 24.0 Å². The standard InChI is InChI=1S/C14H27N2.6FH.Sb/c1-3-4-5-6-7-8-9-10-11-16-13-12-15(2)14-16;;;;;;;/h12-14H,3-11H2,1-2H3;6*1H;/q+1;;;;;;;+5/p-6. The van der Waals surface area contributed by atoms with Gasteiger partial charge in [-0.15, -0.1) is 0 Å². The molecule has 0 fully saturated rings. The van der Waals surface area contributed by atoms with E-state index in [4.69, 9.17) is 0 Å². The van der Waals surface area contributed by atoms with E-state index in [1.165, 1.54) is 57.9 Å². The number of aromatic nitrogens is 2. The summed E-state index contributed by atoms with van der Waals surface area (Å²) in [5.41, 5.74) is 0. The van der Waals surface area contributed by atoms with Crippen LogP contribution in [0.2, 0.25) is 0 Å². The molecule has 1 aromatic rings. The van der Waals surface area contributed by atoms with Gasteiger partial charge in [0.05, 0.1) is 13.6 Å². The van der Waals surface area contributed by atoms with Crippen LogP contribution in [0, 0.1) is 0 Å². The normalized spacial score (nSPS) is 14.6. The second kappa shape index (κ2) is 8.63. The summed E-state index contributed by atoms with van der Waals surface area (Å²) in [5.74, 6) is 0. The van der Waals surface area contributed by atoms with Gasteiger partial charge in [-0.3, -0.25) is 0 Å². The van der Waals surface area contributed by atoms with E-state index in [-0.39, 0.29) is 0 Å². The van der Waals surface area contributed by atoms with Crippen LogP contribution in [0.25, 0.3) is 0 Å². The Kier molecular flexibility index (Phi) is 8.48. The summed E-state index contributed by atoms with van der Waals surface area (Å²) in [6.45, 7) is 3.45. The van der Waals surface area contributed by atoms with Gasteiger partial charge >= 0.3 is 36.4 Å². The fraction of sp³-hybridized carbons (Fsp3) is 0.786. The zero-order valence-corrected chi connectivity index (χ0v) is 16.3. The molecule has 0 saturated heterocycles. The fourth-order valence-electron chi connectivity index (χ4n) is 2.06. The Labute approximate surface area is 136 Å². The molecular weight excluding hydrogens is 432 g/mol. The summed E-state index contributed by atoms with van der Waals surface area (Å²) in [7, 11) is 2.07. The molecule has 23 heavy (non-hydrogen) atoms. The third kappa shape index (κ3) is 24.0. The van der Waals surface area contributed by atoms with Gasteiger partial charge in [-0.05, 0) is 12.8 Å². The molecule has 0 aliphatic heterocycles. The van der Waals surface area contributed by atoms with Crippen molar-refractivity contribution in [2.75, 3.05) is 0 Å².